The molecule has 0 radical (unpaired) electrons. The first-order valence-electron chi connectivity index (χ1n) is 6.39. The number of likely N-dealkylation sites (tertiary alicyclic amines) is 1. The molecule has 0 atom stereocenters. The van der Waals surface area contributed by atoms with Gasteiger partial charge in [0.05, 0.1) is 4.47 Å². The summed E-state index contributed by atoms with van der Waals surface area (Å²) in [4.78, 5) is 13.7. The van der Waals surface area contributed by atoms with Crippen LogP contribution >= 0.6 is 15.9 Å². The molecule has 18 heavy (non-hydrogen) atoms. The molecule has 0 bridgehead atoms. The predicted molar refractivity (Wildman–Crippen MR) is 74.8 cm³/mol. The van der Waals surface area contributed by atoms with Crippen LogP contribution in [0.3, 0.4) is 0 Å². The summed E-state index contributed by atoms with van der Waals surface area (Å²) in [6, 6.07) is 5.98. The van der Waals surface area contributed by atoms with E-state index in [0.717, 1.165) is 42.6 Å². The summed E-state index contributed by atoms with van der Waals surface area (Å²) < 4.78 is 6.49. The Hall–Kier alpha value is -1.03. The van der Waals surface area contributed by atoms with E-state index in [1.807, 2.05) is 23.1 Å². The maximum absolute atomic E-state index is 11.8. The number of amides is 1. The second kappa shape index (κ2) is 6.23. The van der Waals surface area contributed by atoms with Gasteiger partial charge in [-0.05, 0) is 52.9 Å². The van der Waals surface area contributed by atoms with E-state index >= 15 is 0 Å². The Morgan fingerprint density at radius 1 is 1.39 bits per heavy atom. The van der Waals surface area contributed by atoms with E-state index in [2.05, 4.69) is 22.9 Å². The first-order valence-corrected chi connectivity index (χ1v) is 7.19. The van der Waals surface area contributed by atoms with Gasteiger partial charge in [-0.3, -0.25) is 4.79 Å². The zero-order chi connectivity index (χ0) is 13.0. The second-order valence-electron chi connectivity index (χ2n) is 4.49. The van der Waals surface area contributed by atoms with Gasteiger partial charge in [-0.25, -0.2) is 0 Å². The lowest BCUT2D eigenvalue weighted by atomic mass is 10.2. The smallest absolute Gasteiger partial charge is 0.260 e. The van der Waals surface area contributed by atoms with Gasteiger partial charge in [0.25, 0.3) is 5.91 Å². The molecule has 1 aromatic carbocycles. The summed E-state index contributed by atoms with van der Waals surface area (Å²) >= 11 is 3.47. The molecule has 4 heteroatoms. The van der Waals surface area contributed by atoms with Crippen molar-refractivity contribution in [1.29, 1.82) is 0 Å². The van der Waals surface area contributed by atoms with E-state index in [1.165, 1.54) is 5.56 Å². The lowest BCUT2D eigenvalue weighted by Crippen LogP contribution is -2.32. The highest BCUT2D eigenvalue weighted by Gasteiger charge is 2.18. The first-order chi connectivity index (χ1) is 8.70. The van der Waals surface area contributed by atoms with Crippen LogP contribution in [-0.2, 0) is 11.2 Å². The van der Waals surface area contributed by atoms with Crippen LogP contribution in [0.2, 0.25) is 0 Å². The van der Waals surface area contributed by atoms with Gasteiger partial charge in [0.2, 0.25) is 0 Å². The molecule has 0 aromatic heterocycles. The maximum atomic E-state index is 11.8. The Labute approximate surface area is 116 Å². The van der Waals surface area contributed by atoms with Crippen molar-refractivity contribution in [1.82, 2.24) is 4.90 Å². The van der Waals surface area contributed by atoms with Gasteiger partial charge in [-0.15, -0.1) is 0 Å². The van der Waals surface area contributed by atoms with Crippen molar-refractivity contribution in [2.24, 2.45) is 0 Å². The number of hydrogen-bond donors (Lipinski definition) is 0. The van der Waals surface area contributed by atoms with Gasteiger partial charge >= 0.3 is 0 Å². The number of aryl methyl sites for hydroxylation is 1. The van der Waals surface area contributed by atoms with Crippen LogP contribution in [0.5, 0.6) is 5.75 Å². The van der Waals surface area contributed by atoms with Crippen molar-refractivity contribution >= 4 is 21.8 Å². The van der Waals surface area contributed by atoms with Crippen LogP contribution in [0.4, 0.5) is 0 Å². The maximum Gasteiger partial charge on any atom is 0.260 e. The Balaban J connectivity index is 1.91. The summed E-state index contributed by atoms with van der Waals surface area (Å²) in [6.45, 7) is 3.99. The lowest BCUT2D eigenvalue weighted by molar-refractivity contribution is -0.132. The minimum Gasteiger partial charge on any atom is -0.483 e. The molecule has 1 heterocycles. The Morgan fingerprint density at radius 2 is 2.11 bits per heavy atom. The zero-order valence-corrected chi connectivity index (χ0v) is 12.2. The summed E-state index contributed by atoms with van der Waals surface area (Å²) in [6.07, 6.45) is 3.22. The van der Waals surface area contributed by atoms with Gasteiger partial charge in [0.15, 0.2) is 6.61 Å². The van der Waals surface area contributed by atoms with Crippen molar-refractivity contribution in [3.05, 3.63) is 28.2 Å². The summed E-state index contributed by atoms with van der Waals surface area (Å²) in [5.74, 6) is 0.818. The Kier molecular flexibility index (Phi) is 4.64. The van der Waals surface area contributed by atoms with Crippen LogP contribution in [0, 0.1) is 0 Å². The van der Waals surface area contributed by atoms with E-state index < -0.39 is 0 Å². The van der Waals surface area contributed by atoms with E-state index in [4.69, 9.17) is 4.74 Å². The van der Waals surface area contributed by atoms with Crippen molar-refractivity contribution in [3.63, 3.8) is 0 Å². The molecule has 1 aliphatic rings. The number of hydrogen-bond acceptors (Lipinski definition) is 2. The van der Waals surface area contributed by atoms with Crippen LogP contribution in [0.25, 0.3) is 0 Å². The quantitative estimate of drug-likeness (QED) is 0.855. The van der Waals surface area contributed by atoms with Gasteiger partial charge in [-0.1, -0.05) is 13.0 Å². The van der Waals surface area contributed by atoms with Crippen LogP contribution in [0.15, 0.2) is 22.7 Å². The molecule has 1 fully saturated rings. The highest BCUT2D eigenvalue weighted by Crippen LogP contribution is 2.26. The fraction of sp³-hybridized carbons (Fsp3) is 0.500. The summed E-state index contributed by atoms with van der Waals surface area (Å²) in [5, 5.41) is 0. The molecular weight excluding hydrogens is 294 g/mol. The Morgan fingerprint density at radius 3 is 2.72 bits per heavy atom. The van der Waals surface area contributed by atoms with Crippen molar-refractivity contribution in [3.8, 4) is 5.75 Å². The fourth-order valence-electron chi connectivity index (χ4n) is 2.08. The molecule has 0 saturated carbocycles. The molecule has 1 amide bonds. The van der Waals surface area contributed by atoms with Gasteiger partial charge < -0.3 is 9.64 Å². The molecule has 0 spiro atoms. The lowest BCUT2D eigenvalue weighted by Gasteiger charge is -2.16. The minimum atomic E-state index is 0.0824. The highest BCUT2D eigenvalue weighted by molar-refractivity contribution is 9.10. The van der Waals surface area contributed by atoms with E-state index in [-0.39, 0.29) is 12.5 Å². The number of carbonyl (C=O) groups excluding carboxylic acids is 1. The monoisotopic (exact) mass is 311 g/mol. The highest BCUT2D eigenvalue weighted by atomic mass is 79.9. The fourth-order valence-corrected chi connectivity index (χ4v) is 2.62. The number of carbonyl (C=O) groups is 1. The topological polar surface area (TPSA) is 29.5 Å². The van der Waals surface area contributed by atoms with Gasteiger partial charge in [0.1, 0.15) is 5.75 Å². The summed E-state index contributed by atoms with van der Waals surface area (Å²) in [7, 11) is 0. The van der Waals surface area contributed by atoms with Crippen molar-refractivity contribution in [2.75, 3.05) is 19.7 Å². The van der Waals surface area contributed by atoms with Crippen molar-refractivity contribution in [2.45, 2.75) is 26.2 Å². The van der Waals surface area contributed by atoms with Crippen molar-refractivity contribution < 1.29 is 9.53 Å². The number of nitrogens with zero attached hydrogens (tertiary/aromatic N) is 1. The zero-order valence-electron chi connectivity index (χ0n) is 10.6. The van der Waals surface area contributed by atoms with E-state index in [0.29, 0.717) is 0 Å². The molecule has 0 unspecified atom stereocenters. The second-order valence-corrected chi connectivity index (χ2v) is 5.35. The third-order valence-electron chi connectivity index (χ3n) is 3.21. The standard InChI is InChI=1S/C14H18BrNO2/c1-2-11-5-6-13(12(15)9-11)18-10-14(17)16-7-3-4-8-16/h5-6,9H,2-4,7-8,10H2,1H3. The van der Waals surface area contributed by atoms with Crippen LogP contribution < -0.4 is 4.74 Å². The SMILES string of the molecule is CCc1ccc(OCC(=O)N2CCCC2)c(Br)c1. The predicted octanol–water partition coefficient (Wildman–Crippen LogP) is 3.01. The van der Waals surface area contributed by atoms with Gasteiger partial charge in [-0.2, -0.15) is 0 Å². The van der Waals surface area contributed by atoms with Gasteiger partial charge in [0, 0.05) is 13.1 Å². The molecule has 1 aliphatic heterocycles. The molecule has 3 nitrogen and oxygen atoms in total. The van der Waals surface area contributed by atoms with Crippen LogP contribution in [-0.4, -0.2) is 30.5 Å². The third kappa shape index (κ3) is 3.25. The molecule has 1 aromatic rings. The molecule has 2 rings (SSSR count). The normalized spacial score (nSPS) is 14.9. The van der Waals surface area contributed by atoms with Crippen LogP contribution in [0.1, 0.15) is 25.3 Å². The van der Waals surface area contributed by atoms with E-state index in [9.17, 15) is 4.79 Å². The molecular formula is C14H18BrNO2. The number of rotatable bonds is 4. The molecule has 0 aliphatic carbocycles. The Bertz CT molecular complexity index is 428. The minimum absolute atomic E-state index is 0.0824. The molecule has 0 N–H and O–H groups in total. The largest absolute Gasteiger partial charge is 0.483 e. The number of ether oxygens (including phenoxy) is 1. The number of halogens is 1. The number of benzene rings is 1. The van der Waals surface area contributed by atoms with E-state index in [1.54, 1.807) is 0 Å². The first kappa shape index (κ1) is 13.4. The average molecular weight is 312 g/mol. The third-order valence-corrected chi connectivity index (χ3v) is 3.83. The molecule has 1 saturated heterocycles. The average Bonchev–Trinajstić information content (AvgIpc) is 2.90. The summed E-state index contributed by atoms with van der Waals surface area (Å²) in [5.41, 5.74) is 1.25. The molecule has 98 valence electrons.